The summed E-state index contributed by atoms with van der Waals surface area (Å²) in [5.74, 6) is -0.641. The molecule has 0 spiro atoms. The van der Waals surface area contributed by atoms with E-state index in [0.717, 1.165) is 0 Å². The van der Waals surface area contributed by atoms with Crippen LogP contribution in [0.1, 0.15) is 49.5 Å². The third kappa shape index (κ3) is 6.07. The fraction of sp³-hybridized carbons (Fsp3) is 0.579. The van der Waals surface area contributed by atoms with Crippen LogP contribution in [0.5, 0.6) is 0 Å². The van der Waals surface area contributed by atoms with Gasteiger partial charge in [-0.1, -0.05) is 0 Å². The molecule has 2 rings (SSSR count). The predicted molar refractivity (Wildman–Crippen MR) is 108 cm³/mol. The van der Waals surface area contributed by atoms with Gasteiger partial charge in [0.1, 0.15) is 5.60 Å². The van der Waals surface area contributed by atoms with Crippen LogP contribution in [0.2, 0.25) is 0 Å². The maximum atomic E-state index is 12.0. The van der Waals surface area contributed by atoms with Crippen molar-refractivity contribution in [3.63, 3.8) is 0 Å². The molecule has 1 heterocycles. The highest BCUT2D eigenvalue weighted by Crippen LogP contribution is 2.30. The van der Waals surface area contributed by atoms with Gasteiger partial charge in [0, 0.05) is 24.8 Å². The molecule has 1 saturated heterocycles. The number of nitrogens with zero attached hydrogens (tertiary/aromatic N) is 1. The minimum absolute atomic E-state index is 0.0529. The molecule has 1 aliphatic heterocycles. The number of benzene rings is 1. The highest BCUT2D eigenvalue weighted by atomic mass is 32.2. The third-order valence-electron chi connectivity index (χ3n) is 4.62. The molecule has 0 unspecified atom stereocenters. The smallest absolute Gasteiger partial charge is 0.407 e. The average molecular weight is 428 g/mol. The standard InChI is InChI=1S/C19H29N3O6S/c1-12-15(10-13(17(23)27-5)11-16(12)29(20,25)26)22-8-6-14(7-9-22)21-18(24)28-19(2,3)4/h10-11,14H,6-9H2,1-5H3,(H,21,24)(H2,20,25,26). The zero-order chi connectivity index (χ0) is 22.0. The Balaban J connectivity index is 2.20. The Bertz CT molecular complexity index is 884. The van der Waals surface area contributed by atoms with Crippen molar-refractivity contribution in [1.29, 1.82) is 0 Å². The Labute approximate surface area is 171 Å². The Morgan fingerprint density at radius 1 is 1.21 bits per heavy atom. The van der Waals surface area contributed by atoms with E-state index in [0.29, 0.717) is 37.2 Å². The van der Waals surface area contributed by atoms with Crippen molar-refractivity contribution in [2.45, 2.75) is 57.1 Å². The van der Waals surface area contributed by atoms with Crippen LogP contribution in [-0.4, -0.2) is 52.3 Å². The van der Waals surface area contributed by atoms with E-state index in [1.807, 2.05) is 4.90 Å². The van der Waals surface area contributed by atoms with E-state index in [4.69, 9.17) is 14.6 Å². The van der Waals surface area contributed by atoms with Crippen LogP contribution in [-0.2, 0) is 19.5 Å². The van der Waals surface area contributed by atoms with Crippen LogP contribution in [0.3, 0.4) is 0 Å². The lowest BCUT2D eigenvalue weighted by Gasteiger charge is -2.35. The van der Waals surface area contributed by atoms with E-state index < -0.39 is 27.7 Å². The SMILES string of the molecule is COC(=O)c1cc(N2CCC(NC(=O)OC(C)(C)C)CC2)c(C)c(S(N)(=O)=O)c1. The molecule has 162 valence electrons. The van der Waals surface area contributed by atoms with Crippen LogP contribution >= 0.6 is 0 Å². The number of methoxy groups -OCH3 is 1. The molecule has 9 nitrogen and oxygen atoms in total. The lowest BCUT2D eigenvalue weighted by atomic mass is 10.0. The molecule has 1 aromatic carbocycles. The van der Waals surface area contributed by atoms with Crippen LogP contribution in [0.25, 0.3) is 0 Å². The fourth-order valence-corrected chi connectivity index (χ4v) is 4.09. The minimum Gasteiger partial charge on any atom is -0.465 e. The zero-order valence-corrected chi connectivity index (χ0v) is 18.3. The molecule has 0 radical (unpaired) electrons. The van der Waals surface area contributed by atoms with Crippen LogP contribution in [0.15, 0.2) is 17.0 Å². The third-order valence-corrected chi connectivity index (χ3v) is 5.65. The van der Waals surface area contributed by atoms with Gasteiger partial charge in [-0.05, 0) is 58.2 Å². The Hall–Kier alpha value is -2.33. The molecule has 1 fully saturated rings. The van der Waals surface area contributed by atoms with Gasteiger partial charge in [-0.15, -0.1) is 0 Å². The first kappa shape index (κ1) is 23.0. The topological polar surface area (TPSA) is 128 Å². The van der Waals surface area contributed by atoms with Crippen molar-refractivity contribution in [3.8, 4) is 0 Å². The molecule has 0 aromatic heterocycles. The molecule has 0 saturated carbocycles. The number of primary sulfonamides is 1. The highest BCUT2D eigenvalue weighted by Gasteiger charge is 2.27. The summed E-state index contributed by atoms with van der Waals surface area (Å²) in [4.78, 5) is 25.8. The lowest BCUT2D eigenvalue weighted by Crippen LogP contribution is -2.46. The monoisotopic (exact) mass is 427 g/mol. The number of carbonyl (C=O) groups excluding carboxylic acids is 2. The van der Waals surface area contributed by atoms with E-state index in [-0.39, 0.29) is 16.5 Å². The molecule has 1 amide bonds. The molecule has 3 N–H and O–H groups in total. The van der Waals surface area contributed by atoms with Gasteiger partial charge in [0.05, 0.1) is 17.6 Å². The van der Waals surface area contributed by atoms with Gasteiger partial charge in [0.15, 0.2) is 0 Å². The number of hydrogen-bond acceptors (Lipinski definition) is 7. The summed E-state index contributed by atoms with van der Waals surface area (Å²) < 4.78 is 34.0. The Morgan fingerprint density at radius 3 is 2.28 bits per heavy atom. The lowest BCUT2D eigenvalue weighted by molar-refractivity contribution is 0.0496. The molecule has 0 aliphatic carbocycles. The molecular formula is C19H29N3O6S. The quantitative estimate of drug-likeness (QED) is 0.703. The number of nitrogens with two attached hydrogens (primary N) is 1. The number of alkyl carbamates (subject to hydrolysis) is 1. The number of sulfonamides is 1. The highest BCUT2D eigenvalue weighted by molar-refractivity contribution is 7.89. The second-order valence-corrected chi connectivity index (χ2v) is 9.59. The largest absolute Gasteiger partial charge is 0.465 e. The molecule has 29 heavy (non-hydrogen) atoms. The average Bonchev–Trinajstić information content (AvgIpc) is 2.59. The molecule has 0 bridgehead atoms. The normalized spacial score (nSPS) is 15.7. The van der Waals surface area contributed by atoms with Gasteiger partial charge >= 0.3 is 12.1 Å². The molecule has 1 aromatic rings. The number of rotatable bonds is 4. The summed E-state index contributed by atoms with van der Waals surface area (Å²) in [7, 11) is -2.78. The molecule has 1 aliphatic rings. The van der Waals surface area contributed by atoms with Crippen molar-refractivity contribution in [1.82, 2.24) is 5.32 Å². The maximum Gasteiger partial charge on any atom is 0.407 e. The van der Waals surface area contributed by atoms with Crippen LogP contribution in [0, 0.1) is 6.92 Å². The molecular weight excluding hydrogens is 398 g/mol. The van der Waals surface area contributed by atoms with Crippen LogP contribution in [0.4, 0.5) is 10.5 Å². The molecule has 0 atom stereocenters. The van der Waals surface area contributed by atoms with E-state index in [1.54, 1.807) is 33.8 Å². The second kappa shape index (κ2) is 8.58. The first-order valence-corrected chi connectivity index (χ1v) is 10.9. The number of amides is 1. The number of nitrogens with one attached hydrogen (secondary N) is 1. The van der Waals surface area contributed by atoms with E-state index in [1.165, 1.54) is 13.2 Å². The summed E-state index contributed by atoms with van der Waals surface area (Å²) in [6.45, 7) is 8.19. The second-order valence-electron chi connectivity index (χ2n) is 8.06. The summed E-state index contributed by atoms with van der Waals surface area (Å²) in [5.41, 5.74) is 0.623. The summed E-state index contributed by atoms with van der Waals surface area (Å²) in [5, 5.41) is 8.19. The molecule has 10 heteroatoms. The number of carbonyl (C=O) groups is 2. The first-order valence-electron chi connectivity index (χ1n) is 9.32. The van der Waals surface area contributed by atoms with Crippen molar-refractivity contribution in [3.05, 3.63) is 23.3 Å². The summed E-state index contributed by atoms with van der Waals surface area (Å²) >= 11 is 0. The number of hydrogen-bond donors (Lipinski definition) is 2. The van der Waals surface area contributed by atoms with Crippen molar-refractivity contribution >= 4 is 27.8 Å². The van der Waals surface area contributed by atoms with Crippen molar-refractivity contribution in [2.75, 3.05) is 25.1 Å². The van der Waals surface area contributed by atoms with Gasteiger partial charge in [-0.2, -0.15) is 0 Å². The Morgan fingerprint density at radius 2 is 1.79 bits per heavy atom. The van der Waals surface area contributed by atoms with Gasteiger partial charge in [0.2, 0.25) is 10.0 Å². The predicted octanol–water partition coefficient (Wildman–Crippen LogP) is 1.92. The van der Waals surface area contributed by atoms with Crippen molar-refractivity contribution in [2.24, 2.45) is 5.14 Å². The summed E-state index contributed by atoms with van der Waals surface area (Å²) in [6.07, 6.45) is 0.828. The zero-order valence-electron chi connectivity index (χ0n) is 17.4. The van der Waals surface area contributed by atoms with Gasteiger partial charge < -0.3 is 19.7 Å². The van der Waals surface area contributed by atoms with E-state index in [2.05, 4.69) is 5.32 Å². The van der Waals surface area contributed by atoms with E-state index >= 15 is 0 Å². The number of esters is 1. The van der Waals surface area contributed by atoms with E-state index in [9.17, 15) is 18.0 Å². The minimum atomic E-state index is -4.01. The number of anilines is 1. The summed E-state index contributed by atoms with van der Waals surface area (Å²) in [6, 6.07) is 2.79. The van der Waals surface area contributed by atoms with Gasteiger partial charge in [0.25, 0.3) is 0 Å². The van der Waals surface area contributed by atoms with Gasteiger partial charge in [-0.25, -0.2) is 23.1 Å². The number of ether oxygens (including phenoxy) is 2. The fourth-order valence-electron chi connectivity index (χ4n) is 3.27. The van der Waals surface area contributed by atoms with Crippen LogP contribution < -0.4 is 15.4 Å². The Kier molecular flexibility index (Phi) is 6.79. The maximum absolute atomic E-state index is 12.0. The van der Waals surface area contributed by atoms with Crippen molar-refractivity contribution < 1.29 is 27.5 Å². The number of piperidine rings is 1. The van der Waals surface area contributed by atoms with Gasteiger partial charge in [-0.3, -0.25) is 0 Å². The first-order chi connectivity index (χ1) is 13.3.